The van der Waals surface area contributed by atoms with Crippen molar-refractivity contribution in [1.29, 1.82) is 0 Å². The van der Waals surface area contributed by atoms with Crippen molar-refractivity contribution in [2.75, 3.05) is 38.2 Å². The number of halogens is 2. The summed E-state index contributed by atoms with van der Waals surface area (Å²) in [4.78, 5) is 30.0. The van der Waals surface area contributed by atoms with Gasteiger partial charge in [-0.2, -0.15) is 0 Å². The molecular weight excluding hydrogens is 713 g/mol. The maximum Gasteiger partial charge on any atom is 0.264 e. The van der Waals surface area contributed by atoms with Crippen molar-refractivity contribution >= 4 is 50.7 Å². The summed E-state index contributed by atoms with van der Waals surface area (Å²) in [5.41, 5.74) is 1.62. The second-order valence-corrected chi connectivity index (χ2v) is 14.7. The lowest BCUT2D eigenvalue weighted by Crippen LogP contribution is -2.53. The normalized spacial score (nSPS) is 11.8. The van der Waals surface area contributed by atoms with Gasteiger partial charge in [0.2, 0.25) is 11.8 Å². The predicted molar refractivity (Wildman–Crippen MR) is 200 cm³/mol. The molecule has 1 N–H and O–H groups in total. The van der Waals surface area contributed by atoms with Crippen LogP contribution in [0.5, 0.6) is 17.2 Å². The van der Waals surface area contributed by atoms with Gasteiger partial charge in [-0.05, 0) is 72.5 Å². The zero-order valence-corrected chi connectivity index (χ0v) is 31.6. The molecule has 0 aromatic heterocycles. The van der Waals surface area contributed by atoms with Crippen LogP contribution < -0.4 is 23.8 Å². The van der Waals surface area contributed by atoms with Crippen molar-refractivity contribution in [3.63, 3.8) is 0 Å². The first-order valence-corrected chi connectivity index (χ1v) is 18.6. The van der Waals surface area contributed by atoms with Crippen molar-refractivity contribution in [2.24, 2.45) is 5.92 Å². The number of nitrogens with zero attached hydrogens (tertiary/aromatic N) is 2. The van der Waals surface area contributed by atoms with Crippen LogP contribution in [0.15, 0.2) is 95.9 Å². The Labute approximate surface area is 310 Å². The van der Waals surface area contributed by atoms with Crippen LogP contribution in [0.2, 0.25) is 10.0 Å². The van der Waals surface area contributed by atoms with E-state index in [4.69, 9.17) is 37.4 Å². The molecule has 0 saturated carbocycles. The number of amides is 2. The van der Waals surface area contributed by atoms with Crippen LogP contribution in [0, 0.1) is 5.92 Å². The Bertz CT molecular complexity index is 1890. The number of hydrogen-bond donors (Lipinski definition) is 1. The number of carbonyl (C=O) groups excluding carboxylic acids is 2. The summed E-state index contributed by atoms with van der Waals surface area (Å²) in [6.45, 7) is 5.87. The lowest BCUT2D eigenvalue weighted by atomic mass is 10.0. The maximum atomic E-state index is 14.7. The number of nitrogens with one attached hydrogen (secondary N) is 1. The molecule has 0 fully saturated rings. The number of sulfonamides is 1. The van der Waals surface area contributed by atoms with Gasteiger partial charge < -0.3 is 24.4 Å². The van der Waals surface area contributed by atoms with Gasteiger partial charge >= 0.3 is 0 Å². The molecule has 0 saturated heterocycles. The van der Waals surface area contributed by atoms with E-state index in [-0.39, 0.29) is 46.1 Å². The van der Waals surface area contributed by atoms with E-state index >= 15 is 0 Å². The molecule has 0 radical (unpaired) electrons. The standard InChI is InChI=1S/C38H43Cl2N3O7S/c1-6-50-30-15-13-29(14-16-30)43(51(46,47)31-17-19-35(48-4)36(22-31)49-5)25-37(44)42(24-28-12-18-32(39)33(40)20-28)34(38(45)41-23-26(2)3)21-27-10-8-7-9-11-27/h7-20,22,26,34H,6,21,23-25H2,1-5H3,(H,41,45). The van der Waals surface area contributed by atoms with Crippen molar-refractivity contribution < 1.29 is 32.2 Å². The van der Waals surface area contributed by atoms with E-state index in [9.17, 15) is 18.0 Å². The molecule has 13 heteroatoms. The molecule has 272 valence electrons. The molecule has 2 amide bonds. The third-order valence-corrected chi connectivity index (χ3v) is 10.5. The summed E-state index contributed by atoms with van der Waals surface area (Å²) in [6, 6.07) is 23.9. The van der Waals surface area contributed by atoms with Gasteiger partial charge in [-0.1, -0.05) is 73.4 Å². The van der Waals surface area contributed by atoms with E-state index in [0.717, 1.165) is 9.87 Å². The van der Waals surface area contributed by atoms with Crippen molar-refractivity contribution in [3.05, 3.63) is 112 Å². The smallest absolute Gasteiger partial charge is 0.264 e. The minimum atomic E-state index is -4.41. The van der Waals surface area contributed by atoms with Crippen molar-refractivity contribution in [3.8, 4) is 17.2 Å². The average molecular weight is 757 g/mol. The first-order chi connectivity index (χ1) is 24.4. The van der Waals surface area contributed by atoms with Crippen LogP contribution in [-0.2, 0) is 32.6 Å². The molecule has 4 aromatic rings. The van der Waals surface area contributed by atoms with Gasteiger partial charge in [0.25, 0.3) is 10.0 Å². The largest absolute Gasteiger partial charge is 0.494 e. The lowest BCUT2D eigenvalue weighted by Gasteiger charge is -2.34. The second kappa shape index (κ2) is 18.2. The zero-order valence-electron chi connectivity index (χ0n) is 29.3. The fourth-order valence-corrected chi connectivity index (χ4v) is 7.07. The minimum absolute atomic E-state index is 0.0597. The molecule has 1 unspecified atom stereocenters. The third kappa shape index (κ3) is 10.3. The zero-order chi connectivity index (χ0) is 37.1. The summed E-state index contributed by atoms with van der Waals surface area (Å²) < 4.78 is 46.3. The van der Waals surface area contributed by atoms with Gasteiger partial charge in [-0.3, -0.25) is 13.9 Å². The Morgan fingerprint density at radius 1 is 0.824 bits per heavy atom. The Kier molecular flexibility index (Phi) is 14.0. The van der Waals surface area contributed by atoms with E-state index in [0.29, 0.717) is 35.2 Å². The van der Waals surface area contributed by atoms with Crippen LogP contribution in [0.3, 0.4) is 0 Å². The minimum Gasteiger partial charge on any atom is -0.494 e. The number of ether oxygens (including phenoxy) is 3. The fraction of sp³-hybridized carbons (Fsp3) is 0.316. The van der Waals surface area contributed by atoms with Crippen LogP contribution in [0.25, 0.3) is 0 Å². The highest BCUT2D eigenvalue weighted by molar-refractivity contribution is 7.92. The third-order valence-electron chi connectivity index (χ3n) is 7.95. The van der Waals surface area contributed by atoms with Gasteiger partial charge in [0.05, 0.1) is 41.5 Å². The average Bonchev–Trinajstić information content (AvgIpc) is 3.12. The number of anilines is 1. The van der Waals surface area contributed by atoms with E-state index in [1.807, 2.05) is 51.1 Å². The van der Waals surface area contributed by atoms with E-state index in [1.165, 1.54) is 37.3 Å². The highest BCUT2D eigenvalue weighted by Crippen LogP contribution is 2.33. The first kappa shape index (κ1) is 39.3. The quantitative estimate of drug-likeness (QED) is 0.123. The Morgan fingerprint density at radius 2 is 1.51 bits per heavy atom. The van der Waals surface area contributed by atoms with E-state index < -0.39 is 28.5 Å². The number of hydrogen-bond acceptors (Lipinski definition) is 7. The summed E-state index contributed by atoms with van der Waals surface area (Å²) in [5, 5.41) is 3.58. The number of rotatable bonds is 17. The lowest BCUT2D eigenvalue weighted by molar-refractivity contribution is -0.140. The second-order valence-electron chi connectivity index (χ2n) is 12.1. The summed E-state index contributed by atoms with van der Waals surface area (Å²) >= 11 is 12.6. The molecule has 4 rings (SSSR count). The number of benzene rings is 4. The Balaban J connectivity index is 1.84. The van der Waals surface area contributed by atoms with E-state index in [1.54, 1.807) is 42.5 Å². The number of methoxy groups -OCH3 is 2. The number of carbonyl (C=O) groups is 2. The SMILES string of the molecule is CCOc1ccc(N(CC(=O)N(Cc2ccc(Cl)c(Cl)c2)C(Cc2ccccc2)C(=O)NCC(C)C)S(=O)(=O)c2ccc(OC)c(OC)c2)cc1. The highest BCUT2D eigenvalue weighted by Gasteiger charge is 2.35. The first-order valence-electron chi connectivity index (χ1n) is 16.4. The monoisotopic (exact) mass is 755 g/mol. The van der Waals surface area contributed by atoms with Crippen molar-refractivity contribution in [1.82, 2.24) is 10.2 Å². The predicted octanol–water partition coefficient (Wildman–Crippen LogP) is 7.02. The maximum absolute atomic E-state index is 14.7. The summed E-state index contributed by atoms with van der Waals surface area (Å²) in [6.07, 6.45) is 0.170. The summed E-state index contributed by atoms with van der Waals surface area (Å²) in [5.74, 6) is 0.206. The van der Waals surface area contributed by atoms with Gasteiger partial charge in [-0.25, -0.2) is 8.42 Å². The Morgan fingerprint density at radius 3 is 2.12 bits per heavy atom. The van der Waals surface area contributed by atoms with Gasteiger partial charge in [0.15, 0.2) is 11.5 Å². The molecule has 0 heterocycles. The van der Waals surface area contributed by atoms with Gasteiger partial charge in [-0.15, -0.1) is 0 Å². The molecule has 0 bridgehead atoms. The summed E-state index contributed by atoms with van der Waals surface area (Å²) in [7, 11) is -1.56. The molecule has 51 heavy (non-hydrogen) atoms. The van der Waals surface area contributed by atoms with Gasteiger partial charge in [0.1, 0.15) is 18.3 Å². The van der Waals surface area contributed by atoms with Gasteiger partial charge in [0, 0.05) is 25.6 Å². The molecule has 0 spiro atoms. The molecule has 0 aliphatic heterocycles. The van der Waals surface area contributed by atoms with Crippen LogP contribution in [-0.4, -0.2) is 65.1 Å². The Hall–Kier alpha value is -4.45. The molecule has 4 aromatic carbocycles. The molecule has 10 nitrogen and oxygen atoms in total. The van der Waals surface area contributed by atoms with Crippen molar-refractivity contribution in [2.45, 2.75) is 44.7 Å². The van der Waals surface area contributed by atoms with Crippen LogP contribution in [0.1, 0.15) is 31.9 Å². The molecule has 0 aliphatic rings. The van der Waals surface area contributed by atoms with Crippen LogP contribution in [0.4, 0.5) is 5.69 Å². The molecule has 1 atom stereocenters. The fourth-order valence-electron chi connectivity index (χ4n) is 5.32. The van der Waals surface area contributed by atoms with Crippen LogP contribution >= 0.6 is 23.2 Å². The van der Waals surface area contributed by atoms with E-state index in [2.05, 4.69) is 5.32 Å². The highest BCUT2D eigenvalue weighted by atomic mass is 35.5. The molecule has 0 aliphatic carbocycles. The molecular formula is C38H43Cl2N3O7S. The topological polar surface area (TPSA) is 114 Å².